The Balaban J connectivity index is 1.47. The van der Waals surface area contributed by atoms with E-state index < -0.39 is 0 Å². The van der Waals surface area contributed by atoms with Crippen LogP contribution in [0.1, 0.15) is 11.3 Å². The predicted octanol–water partition coefficient (Wildman–Crippen LogP) is 4.58. The Morgan fingerprint density at radius 2 is 2.00 bits per heavy atom. The molecule has 0 unspecified atom stereocenters. The Hall–Kier alpha value is -2.83. The van der Waals surface area contributed by atoms with Crippen LogP contribution in [0.3, 0.4) is 0 Å². The van der Waals surface area contributed by atoms with Crippen molar-refractivity contribution in [2.24, 2.45) is 0 Å². The molecule has 5 nitrogen and oxygen atoms in total. The van der Waals surface area contributed by atoms with Crippen molar-refractivity contribution in [1.82, 2.24) is 14.7 Å². The van der Waals surface area contributed by atoms with E-state index in [0.717, 1.165) is 33.2 Å². The van der Waals surface area contributed by atoms with Crippen molar-refractivity contribution in [2.45, 2.75) is 13.0 Å². The number of hydrogen-bond acceptors (Lipinski definition) is 4. The van der Waals surface area contributed by atoms with Crippen molar-refractivity contribution >= 4 is 33.8 Å². The molecule has 0 bridgehead atoms. The van der Waals surface area contributed by atoms with Gasteiger partial charge in [0.05, 0.1) is 19.2 Å². The van der Waals surface area contributed by atoms with Crippen molar-refractivity contribution in [3.8, 4) is 17.0 Å². The van der Waals surface area contributed by atoms with Crippen LogP contribution in [0.2, 0.25) is 5.02 Å². The summed E-state index contributed by atoms with van der Waals surface area (Å²) in [6, 6.07) is 15.3. The number of carbonyl (C=O) groups excluding carboxylic acids is 1. The number of aromatic nitrogens is 2. The number of carbonyl (C=O) groups is 1. The molecule has 0 saturated heterocycles. The van der Waals surface area contributed by atoms with Crippen LogP contribution in [0.5, 0.6) is 5.75 Å². The second-order valence-corrected chi connectivity index (χ2v) is 7.52. The zero-order valence-corrected chi connectivity index (χ0v) is 16.8. The fraction of sp³-hybridized carbons (Fsp3) is 0.143. The Morgan fingerprint density at radius 3 is 2.75 bits per heavy atom. The molecule has 0 radical (unpaired) electrons. The van der Waals surface area contributed by atoms with E-state index in [1.54, 1.807) is 7.11 Å². The molecular weight excluding hydrogens is 394 g/mol. The summed E-state index contributed by atoms with van der Waals surface area (Å²) in [6.45, 7) is 0.410. The summed E-state index contributed by atoms with van der Waals surface area (Å²) < 4.78 is 7.17. The third-order valence-corrected chi connectivity index (χ3v) is 5.70. The first-order chi connectivity index (χ1) is 13.6. The number of benzene rings is 2. The van der Waals surface area contributed by atoms with E-state index in [4.69, 9.17) is 16.3 Å². The lowest BCUT2D eigenvalue weighted by Gasteiger charge is -2.06. The van der Waals surface area contributed by atoms with Crippen LogP contribution in [0, 0.1) is 0 Å². The van der Waals surface area contributed by atoms with Gasteiger partial charge in [0.1, 0.15) is 5.75 Å². The molecule has 7 heteroatoms. The number of ether oxygens (including phenoxy) is 1. The van der Waals surface area contributed by atoms with E-state index in [9.17, 15) is 4.79 Å². The van der Waals surface area contributed by atoms with Gasteiger partial charge in [-0.2, -0.15) is 0 Å². The molecular formula is C21H18ClN3O2S. The predicted molar refractivity (Wildman–Crippen MR) is 112 cm³/mol. The summed E-state index contributed by atoms with van der Waals surface area (Å²) in [6.07, 6.45) is 2.24. The zero-order valence-electron chi connectivity index (χ0n) is 15.2. The molecule has 2 aromatic carbocycles. The van der Waals surface area contributed by atoms with E-state index in [-0.39, 0.29) is 12.3 Å². The minimum atomic E-state index is -0.0562. The van der Waals surface area contributed by atoms with E-state index in [1.807, 2.05) is 64.5 Å². The highest BCUT2D eigenvalue weighted by molar-refractivity contribution is 7.15. The van der Waals surface area contributed by atoms with E-state index >= 15 is 0 Å². The number of fused-ring (bicyclic) bond motifs is 1. The lowest BCUT2D eigenvalue weighted by Crippen LogP contribution is -2.25. The normalized spacial score (nSPS) is 10.9. The lowest BCUT2D eigenvalue weighted by atomic mass is 10.2. The second-order valence-electron chi connectivity index (χ2n) is 6.28. The summed E-state index contributed by atoms with van der Waals surface area (Å²) in [5, 5.41) is 5.55. The smallest absolute Gasteiger partial charge is 0.226 e. The number of amides is 1. The number of halogens is 1. The van der Waals surface area contributed by atoms with E-state index in [2.05, 4.69) is 10.3 Å². The number of methoxy groups -OCH3 is 1. The average molecular weight is 412 g/mol. The summed E-state index contributed by atoms with van der Waals surface area (Å²) in [7, 11) is 1.64. The van der Waals surface area contributed by atoms with E-state index in [0.29, 0.717) is 11.6 Å². The Labute approximate surface area is 171 Å². The van der Waals surface area contributed by atoms with Crippen molar-refractivity contribution < 1.29 is 9.53 Å². The number of nitrogens with one attached hydrogen (secondary N) is 1. The Bertz CT molecular complexity index is 1120. The molecule has 0 saturated carbocycles. The van der Waals surface area contributed by atoms with Crippen molar-refractivity contribution in [3.05, 3.63) is 76.4 Å². The van der Waals surface area contributed by atoms with Crippen LogP contribution < -0.4 is 10.1 Å². The number of rotatable bonds is 6. The number of thiazole rings is 1. The Morgan fingerprint density at radius 1 is 1.21 bits per heavy atom. The molecule has 4 rings (SSSR count). The highest BCUT2D eigenvalue weighted by atomic mass is 35.5. The topological polar surface area (TPSA) is 55.6 Å². The molecule has 2 heterocycles. The maximum atomic E-state index is 12.4. The van der Waals surface area contributed by atoms with Crippen LogP contribution in [0.4, 0.5) is 0 Å². The van der Waals surface area contributed by atoms with Gasteiger partial charge in [-0.3, -0.25) is 9.20 Å². The van der Waals surface area contributed by atoms with Gasteiger partial charge in [0.25, 0.3) is 0 Å². The van der Waals surface area contributed by atoms with Gasteiger partial charge >= 0.3 is 0 Å². The van der Waals surface area contributed by atoms with Crippen molar-refractivity contribution in [3.63, 3.8) is 0 Å². The van der Waals surface area contributed by atoms with Crippen LogP contribution in [0.25, 0.3) is 16.2 Å². The molecule has 0 spiro atoms. The third-order valence-electron chi connectivity index (χ3n) is 4.44. The zero-order chi connectivity index (χ0) is 19.5. The molecule has 2 aromatic heterocycles. The minimum Gasteiger partial charge on any atom is -0.497 e. The standard InChI is InChI=1S/C21H18ClN3O2S/c1-27-17-8-6-14(7-9-17)19-12-25-16(13-28-21(25)24-19)10-20(26)23-11-15-4-2-3-5-18(15)22/h2-9,12-13H,10-11H2,1H3,(H,23,26). The third kappa shape index (κ3) is 3.88. The van der Waals surface area contributed by atoms with Gasteiger partial charge in [-0.25, -0.2) is 4.98 Å². The summed E-state index contributed by atoms with van der Waals surface area (Å²) >= 11 is 7.66. The van der Waals surface area contributed by atoms with Gasteiger partial charge in [-0.05, 0) is 35.9 Å². The molecule has 0 aliphatic heterocycles. The maximum Gasteiger partial charge on any atom is 0.226 e. The Kier molecular flexibility index (Phi) is 5.32. The van der Waals surface area contributed by atoms with Gasteiger partial charge in [0.2, 0.25) is 5.91 Å². The molecule has 1 N–H and O–H groups in total. The summed E-state index contributed by atoms with van der Waals surface area (Å²) in [5.74, 6) is 0.750. The molecule has 0 fully saturated rings. The quantitative estimate of drug-likeness (QED) is 0.505. The lowest BCUT2D eigenvalue weighted by molar-refractivity contribution is -0.120. The van der Waals surface area contributed by atoms with Crippen LogP contribution in [-0.2, 0) is 17.8 Å². The van der Waals surface area contributed by atoms with Gasteiger partial charge < -0.3 is 10.1 Å². The molecule has 142 valence electrons. The SMILES string of the molecule is COc1ccc(-c2cn3c(CC(=O)NCc4ccccc4Cl)csc3n2)cc1. The fourth-order valence-electron chi connectivity index (χ4n) is 2.92. The van der Waals surface area contributed by atoms with Crippen LogP contribution >= 0.6 is 22.9 Å². The molecule has 0 aliphatic rings. The highest BCUT2D eigenvalue weighted by Gasteiger charge is 2.13. The van der Waals surface area contributed by atoms with Gasteiger partial charge in [-0.15, -0.1) is 11.3 Å². The average Bonchev–Trinajstić information content (AvgIpc) is 3.29. The molecule has 1 amide bonds. The fourth-order valence-corrected chi connectivity index (χ4v) is 4.00. The van der Waals surface area contributed by atoms with Crippen molar-refractivity contribution in [1.29, 1.82) is 0 Å². The molecule has 28 heavy (non-hydrogen) atoms. The van der Waals surface area contributed by atoms with Gasteiger partial charge in [0.15, 0.2) is 4.96 Å². The second kappa shape index (κ2) is 8.04. The largest absolute Gasteiger partial charge is 0.497 e. The molecule has 0 atom stereocenters. The van der Waals surface area contributed by atoms with Gasteiger partial charge in [0, 0.05) is 34.4 Å². The number of nitrogens with zero attached hydrogens (tertiary/aromatic N) is 2. The first-order valence-corrected chi connectivity index (χ1v) is 10.00. The summed E-state index contributed by atoms with van der Waals surface area (Å²) in [4.78, 5) is 17.9. The first-order valence-electron chi connectivity index (χ1n) is 8.74. The van der Waals surface area contributed by atoms with Crippen LogP contribution in [0.15, 0.2) is 60.1 Å². The monoisotopic (exact) mass is 411 g/mol. The number of hydrogen-bond donors (Lipinski definition) is 1. The van der Waals surface area contributed by atoms with Crippen molar-refractivity contribution in [2.75, 3.05) is 7.11 Å². The highest BCUT2D eigenvalue weighted by Crippen LogP contribution is 2.25. The summed E-state index contributed by atoms with van der Waals surface area (Å²) in [5.41, 5.74) is 3.68. The first kappa shape index (κ1) is 18.5. The minimum absolute atomic E-state index is 0.0562. The van der Waals surface area contributed by atoms with Gasteiger partial charge in [-0.1, -0.05) is 29.8 Å². The van der Waals surface area contributed by atoms with Crippen LogP contribution in [-0.4, -0.2) is 22.4 Å². The number of imidazole rings is 1. The maximum absolute atomic E-state index is 12.4. The molecule has 4 aromatic rings. The molecule has 0 aliphatic carbocycles. The van der Waals surface area contributed by atoms with E-state index in [1.165, 1.54) is 11.3 Å².